The molecule has 1 aromatic carbocycles. The number of ether oxygens (including phenoxy) is 1. The van der Waals surface area contributed by atoms with Gasteiger partial charge in [-0.15, -0.1) is 0 Å². The molecule has 19 heavy (non-hydrogen) atoms. The number of nitrogens with one attached hydrogen (secondary N) is 1. The summed E-state index contributed by atoms with van der Waals surface area (Å²) in [5.41, 5.74) is 0.702. The minimum Gasteiger partial charge on any atom is -0.381 e. The van der Waals surface area contributed by atoms with E-state index in [9.17, 15) is 12.8 Å². The number of rotatable bonds is 5. The van der Waals surface area contributed by atoms with Crippen molar-refractivity contribution >= 4 is 26.0 Å². The van der Waals surface area contributed by atoms with Crippen LogP contribution in [0.2, 0.25) is 0 Å². The van der Waals surface area contributed by atoms with Gasteiger partial charge in [-0.1, -0.05) is 22.0 Å². The molecule has 0 radical (unpaired) electrons. The van der Waals surface area contributed by atoms with E-state index in [1.165, 1.54) is 12.1 Å². The Bertz CT molecular complexity index is 544. The lowest BCUT2D eigenvalue weighted by atomic mass is 10.2. The van der Waals surface area contributed by atoms with Crippen LogP contribution in [0, 0.1) is 11.7 Å². The number of hydrogen-bond donors (Lipinski definition) is 1. The number of hydrogen-bond acceptors (Lipinski definition) is 3. The summed E-state index contributed by atoms with van der Waals surface area (Å²) in [7, 11) is -3.33. The van der Waals surface area contributed by atoms with Gasteiger partial charge in [-0.25, -0.2) is 17.5 Å². The molecule has 0 amide bonds. The minimum absolute atomic E-state index is 0.0640. The highest BCUT2D eigenvalue weighted by molar-refractivity contribution is 9.10. The van der Waals surface area contributed by atoms with E-state index in [4.69, 9.17) is 4.74 Å². The molecule has 1 N–H and O–H groups in total. The SMILES string of the molecule is O=S(=O)(CC1CCOC1)NCc1ccc(F)cc1Br. The third kappa shape index (κ3) is 4.52. The van der Waals surface area contributed by atoms with Crippen molar-refractivity contribution in [2.45, 2.75) is 13.0 Å². The van der Waals surface area contributed by atoms with Gasteiger partial charge in [0.25, 0.3) is 0 Å². The van der Waals surface area contributed by atoms with E-state index >= 15 is 0 Å². The summed E-state index contributed by atoms with van der Waals surface area (Å²) in [6.45, 7) is 1.28. The lowest BCUT2D eigenvalue weighted by Crippen LogP contribution is -2.29. The summed E-state index contributed by atoms with van der Waals surface area (Å²) < 4.78 is 44.9. The van der Waals surface area contributed by atoms with Gasteiger partial charge in [0.05, 0.1) is 12.4 Å². The molecule has 0 bridgehead atoms. The molecular weight excluding hydrogens is 337 g/mol. The van der Waals surface area contributed by atoms with Gasteiger partial charge in [0.2, 0.25) is 10.0 Å². The van der Waals surface area contributed by atoms with Crippen molar-refractivity contribution in [1.29, 1.82) is 0 Å². The van der Waals surface area contributed by atoms with Crippen molar-refractivity contribution in [3.05, 3.63) is 34.1 Å². The number of halogens is 2. The average Bonchev–Trinajstić information content (AvgIpc) is 2.80. The first-order chi connectivity index (χ1) is 8.96. The Morgan fingerprint density at radius 3 is 2.89 bits per heavy atom. The highest BCUT2D eigenvalue weighted by Crippen LogP contribution is 2.19. The zero-order valence-corrected chi connectivity index (χ0v) is 12.6. The first kappa shape index (κ1) is 14.9. The summed E-state index contributed by atoms with van der Waals surface area (Å²) in [6, 6.07) is 4.17. The average molecular weight is 352 g/mol. The molecule has 7 heteroatoms. The van der Waals surface area contributed by atoms with Crippen molar-refractivity contribution in [2.24, 2.45) is 5.92 Å². The van der Waals surface area contributed by atoms with Crippen molar-refractivity contribution < 1.29 is 17.5 Å². The predicted molar refractivity (Wildman–Crippen MR) is 73.7 cm³/mol. The fourth-order valence-electron chi connectivity index (χ4n) is 1.94. The van der Waals surface area contributed by atoms with E-state index in [1.807, 2.05) is 0 Å². The maximum atomic E-state index is 12.9. The maximum absolute atomic E-state index is 12.9. The molecule has 4 nitrogen and oxygen atoms in total. The zero-order chi connectivity index (χ0) is 13.9. The van der Waals surface area contributed by atoms with Crippen LogP contribution in [-0.4, -0.2) is 27.4 Å². The molecule has 0 aromatic heterocycles. The van der Waals surface area contributed by atoms with Gasteiger partial charge in [-0.05, 0) is 30.0 Å². The van der Waals surface area contributed by atoms with Crippen LogP contribution in [-0.2, 0) is 21.3 Å². The van der Waals surface area contributed by atoms with Crippen LogP contribution in [0.4, 0.5) is 4.39 Å². The van der Waals surface area contributed by atoms with E-state index in [-0.39, 0.29) is 24.0 Å². The third-order valence-corrected chi connectivity index (χ3v) is 5.21. The summed E-state index contributed by atoms with van der Waals surface area (Å²) in [5, 5.41) is 0. The van der Waals surface area contributed by atoms with Crippen LogP contribution >= 0.6 is 15.9 Å². The van der Waals surface area contributed by atoms with E-state index in [0.717, 1.165) is 6.42 Å². The molecule has 1 atom stereocenters. The highest BCUT2D eigenvalue weighted by Gasteiger charge is 2.23. The molecule has 1 heterocycles. The fourth-order valence-corrected chi connectivity index (χ4v) is 3.80. The molecule has 1 aliphatic heterocycles. The molecule has 2 rings (SSSR count). The van der Waals surface area contributed by atoms with Gasteiger partial charge in [-0.2, -0.15) is 0 Å². The molecule has 1 saturated heterocycles. The van der Waals surface area contributed by atoms with E-state index < -0.39 is 10.0 Å². The summed E-state index contributed by atoms with van der Waals surface area (Å²) >= 11 is 3.21. The Labute approximate surface area is 120 Å². The second-order valence-electron chi connectivity index (χ2n) is 4.57. The van der Waals surface area contributed by atoms with E-state index in [1.54, 1.807) is 6.07 Å². The molecule has 0 aliphatic carbocycles. The second-order valence-corrected chi connectivity index (χ2v) is 7.27. The van der Waals surface area contributed by atoms with Crippen LogP contribution in [0.5, 0.6) is 0 Å². The molecule has 0 saturated carbocycles. The highest BCUT2D eigenvalue weighted by atomic mass is 79.9. The van der Waals surface area contributed by atoms with Crippen LogP contribution in [0.1, 0.15) is 12.0 Å². The Morgan fingerprint density at radius 1 is 1.47 bits per heavy atom. The van der Waals surface area contributed by atoms with Crippen LogP contribution < -0.4 is 4.72 Å². The Hall–Kier alpha value is -0.500. The van der Waals surface area contributed by atoms with Crippen molar-refractivity contribution in [2.75, 3.05) is 19.0 Å². The van der Waals surface area contributed by atoms with E-state index in [0.29, 0.717) is 23.2 Å². The molecule has 1 aliphatic rings. The molecule has 1 unspecified atom stereocenters. The minimum atomic E-state index is -3.33. The smallest absolute Gasteiger partial charge is 0.212 e. The monoisotopic (exact) mass is 351 g/mol. The quantitative estimate of drug-likeness (QED) is 0.883. The second kappa shape index (κ2) is 6.30. The Balaban J connectivity index is 1.93. The fraction of sp³-hybridized carbons (Fsp3) is 0.500. The largest absolute Gasteiger partial charge is 0.381 e. The van der Waals surface area contributed by atoms with Crippen molar-refractivity contribution in [3.63, 3.8) is 0 Å². The predicted octanol–water partition coefficient (Wildman–Crippen LogP) is 2.04. The standard InChI is InChI=1S/C12H15BrFNO3S/c13-12-5-11(14)2-1-10(12)6-15-19(16,17)8-9-3-4-18-7-9/h1-2,5,9,15H,3-4,6-8H2. The summed E-state index contributed by atoms with van der Waals surface area (Å²) in [4.78, 5) is 0. The van der Waals surface area contributed by atoms with Crippen LogP contribution in [0.25, 0.3) is 0 Å². The maximum Gasteiger partial charge on any atom is 0.212 e. The lowest BCUT2D eigenvalue weighted by Gasteiger charge is -2.11. The van der Waals surface area contributed by atoms with Crippen LogP contribution in [0.15, 0.2) is 22.7 Å². The van der Waals surface area contributed by atoms with Gasteiger partial charge >= 0.3 is 0 Å². The van der Waals surface area contributed by atoms with E-state index in [2.05, 4.69) is 20.7 Å². The Kier molecular flexibility index (Phi) is 4.94. The van der Waals surface area contributed by atoms with Crippen molar-refractivity contribution in [1.82, 2.24) is 4.72 Å². The Morgan fingerprint density at radius 2 is 2.26 bits per heavy atom. The van der Waals surface area contributed by atoms with Gasteiger partial charge in [0, 0.05) is 17.6 Å². The van der Waals surface area contributed by atoms with Gasteiger partial charge in [0.1, 0.15) is 5.82 Å². The first-order valence-electron chi connectivity index (χ1n) is 5.95. The topological polar surface area (TPSA) is 55.4 Å². The van der Waals surface area contributed by atoms with Crippen molar-refractivity contribution in [3.8, 4) is 0 Å². The lowest BCUT2D eigenvalue weighted by molar-refractivity contribution is 0.188. The van der Waals surface area contributed by atoms with Gasteiger partial charge < -0.3 is 4.74 Å². The molecule has 1 fully saturated rings. The number of benzene rings is 1. The normalized spacial score (nSPS) is 19.8. The first-order valence-corrected chi connectivity index (χ1v) is 8.40. The molecular formula is C12H15BrFNO3S. The molecule has 0 spiro atoms. The van der Waals surface area contributed by atoms with Gasteiger partial charge in [-0.3, -0.25) is 0 Å². The zero-order valence-electron chi connectivity index (χ0n) is 10.2. The molecule has 106 valence electrons. The molecule has 1 aromatic rings. The third-order valence-electron chi connectivity index (χ3n) is 2.98. The van der Waals surface area contributed by atoms with Gasteiger partial charge in [0.15, 0.2) is 0 Å². The summed E-state index contributed by atoms with van der Waals surface area (Å²) in [6.07, 6.45) is 0.779. The number of sulfonamides is 1. The summed E-state index contributed by atoms with van der Waals surface area (Å²) in [5.74, 6) is -0.220. The van der Waals surface area contributed by atoms with Crippen LogP contribution in [0.3, 0.4) is 0 Å².